The van der Waals surface area contributed by atoms with Gasteiger partial charge in [0.2, 0.25) is 5.91 Å². The summed E-state index contributed by atoms with van der Waals surface area (Å²) in [5, 5.41) is 11.7. The van der Waals surface area contributed by atoms with Gasteiger partial charge in [-0.05, 0) is 43.7 Å². The molecule has 0 bridgehead atoms. The molecule has 1 heterocycles. The van der Waals surface area contributed by atoms with Crippen LogP contribution in [0.2, 0.25) is 0 Å². The Labute approximate surface area is 138 Å². The molecule has 1 aromatic carbocycles. The zero-order chi connectivity index (χ0) is 16.8. The first-order valence-electron chi connectivity index (χ1n) is 7.28. The normalized spacial score (nSPS) is 10.6. The van der Waals surface area contributed by atoms with E-state index in [9.17, 15) is 9.59 Å². The van der Waals surface area contributed by atoms with Crippen molar-refractivity contribution in [1.82, 2.24) is 5.32 Å². The number of amides is 1. The lowest BCUT2D eigenvalue weighted by molar-refractivity contribution is -0.120. The highest BCUT2D eigenvalue weighted by atomic mass is 32.1. The number of hydrogen-bond donors (Lipinski definition) is 2. The topological polar surface area (TPSA) is 75.6 Å². The molecule has 0 fully saturated rings. The monoisotopic (exact) mass is 333 g/mol. The Morgan fingerprint density at radius 1 is 1.26 bits per heavy atom. The summed E-state index contributed by atoms with van der Waals surface area (Å²) in [5.74, 6) is -0.318. The molecule has 2 rings (SSSR count). The van der Waals surface area contributed by atoms with Gasteiger partial charge in [-0.15, -0.1) is 11.3 Å². The number of carboxylic acids is 1. The number of carboxylic acid groups (broad SMARTS) is 1. The Balaban J connectivity index is 1.87. The van der Waals surface area contributed by atoms with Crippen LogP contribution in [0.15, 0.2) is 36.4 Å². The Morgan fingerprint density at radius 3 is 2.70 bits per heavy atom. The first kappa shape index (κ1) is 17.0. The van der Waals surface area contributed by atoms with Gasteiger partial charge < -0.3 is 15.2 Å². The smallest absolute Gasteiger partial charge is 0.345 e. The number of ether oxygens (including phenoxy) is 1. The summed E-state index contributed by atoms with van der Waals surface area (Å²) in [6, 6.07) is 10.7. The summed E-state index contributed by atoms with van der Waals surface area (Å²) >= 11 is 1.16. The summed E-state index contributed by atoms with van der Waals surface area (Å²) in [6.07, 6.45) is 0.341. The van der Waals surface area contributed by atoms with E-state index >= 15 is 0 Å². The number of hydrogen-bond acceptors (Lipinski definition) is 4. The third-order valence-corrected chi connectivity index (χ3v) is 4.04. The van der Waals surface area contributed by atoms with Gasteiger partial charge in [-0.3, -0.25) is 4.79 Å². The van der Waals surface area contributed by atoms with Gasteiger partial charge >= 0.3 is 5.97 Å². The average molecular weight is 333 g/mol. The van der Waals surface area contributed by atoms with Crippen LogP contribution in [-0.2, 0) is 17.8 Å². The molecule has 0 atom stereocenters. The van der Waals surface area contributed by atoms with Crippen LogP contribution in [0.25, 0.3) is 0 Å². The highest BCUT2D eigenvalue weighted by Crippen LogP contribution is 2.17. The van der Waals surface area contributed by atoms with E-state index in [2.05, 4.69) is 5.32 Å². The number of nitrogens with one attached hydrogen (secondary N) is 1. The van der Waals surface area contributed by atoms with Crippen LogP contribution in [0.5, 0.6) is 5.75 Å². The number of rotatable bonds is 7. The van der Waals surface area contributed by atoms with Crippen LogP contribution in [0.4, 0.5) is 0 Å². The van der Waals surface area contributed by atoms with Crippen LogP contribution in [0.3, 0.4) is 0 Å². The van der Waals surface area contributed by atoms with Gasteiger partial charge in [0.15, 0.2) is 0 Å². The SMILES string of the molecule is CC(C)Oc1cccc(CC(=O)NCc2ccc(C(=O)O)s2)c1. The van der Waals surface area contributed by atoms with Crippen molar-refractivity contribution in [1.29, 1.82) is 0 Å². The van der Waals surface area contributed by atoms with Crippen molar-refractivity contribution >= 4 is 23.2 Å². The maximum absolute atomic E-state index is 12.0. The van der Waals surface area contributed by atoms with Gasteiger partial charge in [0.1, 0.15) is 10.6 Å². The Morgan fingerprint density at radius 2 is 2.04 bits per heavy atom. The minimum atomic E-state index is -0.949. The Kier molecular flexibility index (Phi) is 5.76. The molecule has 0 spiro atoms. The maximum Gasteiger partial charge on any atom is 0.345 e. The standard InChI is InChI=1S/C17H19NO4S/c1-11(2)22-13-5-3-4-12(8-13)9-16(19)18-10-14-6-7-15(23-14)17(20)21/h3-8,11H,9-10H2,1-2H3,(H,18,19)(H,20,21). The quantitative estimate of drug-likeness (QED) is 0.816. The fourth-order valence-corrected chi connectivity index (χ4v) is 2.81. The summed E-state index contributed by atoms with van der Waals surface area (Å²) < 4.78 is 5.61. The highest BCUT2D eigenvalue weighted by molar-refractivity contribution is 7.13. The fourth-order valence-electron chi connectivity index (χ4n) is 2.02. The number of aromatic carboxylic acids is 1. The zero-order valence-corrected chi connectivity index (χ0v) is 13.9. The van der Waals surface area contributed by atoms with Crippen molar-refractivity contribution in [2.45, 2.75) is 32.9 Å². The molecule has 0 radical (unpaired) electrons. The first-order chi connectivity index (χ1) is 10.9. The van der Waals surface area contributed by atoms with Gasteiger partial charge in [0, 0.05) is 4.88 Å². The Hall–Kier alpha value is -2.34. The van der Waals surface area contributed by atoms with E-state index in [1.165, 1.54) is 0 Å². The summed E-state index contributed by atoms with van der Waals surface area (Å²) in [7, 11) is 0. The van der Waals surface area contributed by atoms with Crippen molar-refractivity contribution in [2.24, 2.45) is 0 Å². The zero-order valence-electron chi connectivity index (χ0n) is 13.0. The summed E-state index contributed by atoms with van der Waals surface area (Å²) in [6.45, 7) is 4.23. The third kappa shape index (κ3) is 5.41. The van der Waals surface area contributed by atoms with Crippen LogP contribution < -0.4 is 10.1 Å². The molecule has 6 heteroatoms. The molecule has 0 aliphatic carbocycles. The lowest BCUT2D eigenvalue weighted by Gasteiger charge is -2.11. The van der Waals surface area contributed by atoms with E-state index in [4.69, 9.17) is 9.84 Å². The fraction of sp³-hybridized carbons (Fsp3) is 0.294. The van der Waals surface area contributed by atoms with E-state index in [0.29, 0.717) is 6.54 Å². The van der Waals surface area contributed by atoms with Crippen LogP contribution in [0, 0.1) is 0 Å². The van der Waals surface area contributed by atoms with Gasteiger partial charge in [0.25, 0.3) is 0 Å². The first-order valence-corrected chi connectivity index (χ1v) is 8.10. The molecule has 1 aromatic heterocycles. The van der Waals surface area contributed by atoms with Crippen molar-refractivity contribution < 1.29 is 19.4 Å². The summed E-state index contributed by atoms with van der Waals surface area (Å²) in [5.41, 5.74) is 0.873. The molecule has 1 amide bonds. The number of carbonyl (C=O) groups is 2. The van der Waals surface area contributed by atoms with Crippen molar-refractivity contribution in [3.8, 4) is 5.75 Å². The summed E-state index contributed by atoms with van der Waals surface area (Å²) in [4.78, 5) is 23.9. The van der Waals surface area contributed by atoms with Crippen molar-refractivity contribution in [3.63, 3.8) is 0 Å². The average Bonchev–Trinajstić information content (AvgIpc) is 2.94. The molecule has 2 N–H and O–H groups in total. The second kappa shape index (κ2) is 7.78. The Bertz CT molecular complexity index is 693. The van der Waals surface area contributed by atoms with E-state index in [1.54, 1.807) is 12.1 Å². The lowest BCUT2D eigenvalue weighted by Crippen LogP contribution is -2.24. The molecule has 0 aliphatic rings. The minimum absolute atomic E-state index is 0.0846. The van der Waals surface area contributed by atoms with E-state index in [-0.39, 0.29) is 23.3 Å². The predicted octanol–water partition coefficient (Wildman–Crippen LogP) is 3.09. The highest BCUT2D eigenvalue weighted by Gasteiger charge is 2.09. The van der Waals surface area contributed by atoms with Crippen molar-refractivity contribution in [3.05, 3.63) is 51.7 Å². The van der Waals surface area contributed by atoms with Gasteiger partial charge in [-0.25, -0.2) is 4.79 Å². The molecular formula is C17H19NO4S. The van der Waals surface area contributed by atoms with Gasteiger partial charge in [-0.1, -0.05) is 12.1 Å². The second-order valence-corrected chi connectivity index (χ2v) is 6.51. The number of benzene rings is 1. The number of thiophene rings is 1. The molecule has 0 saturated heterocycles. The van der Waals surface area contributed by atoms with E-state index < -0.39 is 5.97 Å². The third-order valence-electron chi connectivity index (χ3n) is 2.97. The largest absolute Gasteiger partial charge is 0.491 e. The minimum Gasteiger partial charge on any atom is -0.491 e. The van der Waals surface area contributed by atoms with E-state index in [0.717, 1.165) is 27.5 Å². The maximum atomic E-state index is 12.0. The van der Waals surface area contributed by atoms with Crippen LogP contribution >= 0.6 is 11.3 Å². The molecule has 122 valence electrons. The van der Waals surface area contributed by atoms with Gasteiger partial charge in [0.05, 0.1) is 19.1 Å². The molecule has 23 heavy (non-hydrogen) atoms. The predicted molar refractivity (Wildman–Crippen MR) is 89.0 cm³/mol. The molecule has 0 aliphatic heterocycles. The molecule has 2 aromatic rings. The molecular weight excluding hydrogens is 314 g/mol. The number of carbonyl (C=O) groups excluding carboxylic acids is 1. The lowest BCUT2D eigenvalue weighted by atomic mass is 10.1. The molecule has 0 unspecified atom stereocenters. The molecule has 0 saturated carbocycles. The van der Waals surface area contributed by atoms with Gasteiger partial charge in [-0.2, -0.15) is 0 Å². The van der Waals surface area contributed by atoms with Crippen LogP contribution in [-0.4, -0.2) is 23.1 Å². The second-order valence-electron chi connectivity index (χ2n) is 5.34. The van der Waals surface area contributed by atoms with Crippen molar-refractivity contribution in [2.75, 3.05) is 0 Å². The molecule has 5 nitrogen and oxygen atoms in total. The van der Waals surface area contributed by atoms with Crippen LogP contribution in [0.1, 0.15) is 34.0 Å². The van der Waals surface area contributed by atoms with E-state index in [1.807, 2.05) is 38.1 Å².